The Balaban J connectivity index is 1.96. The van der Waals surface area contributed by atoms with Gasteiger partial charge >= 0.3 is 6.09 Å². The fourth-order valence-electron chi connectivity index (χ4n) is 2.95. The van der Waals surface area contributed by atoms with Gasteiger partial charge in [0, 0.05) is 18.6 Å². The van der Waals surface area contributed by atoms with Crippen molar-refractivity contribution in [2.24, 2.45) is 0 Å². The first kappa shape index (κ1) is 17.7. The number of likely N-dealkylation sites (tertiary alicyclic amines) is 1. The summed E-state index contributed by atoms with van der Waals surface area (Å²) < 4.78 is 18.5. The molecule has 0 spiro atoms. The predicted octanol–water partition coefficient (Wildman–Crippen LogP) is 3.36. The third-order valence-corrected chi connectivity index (χ3v) is 4.36. The van der Waals surface area contributed by atoms with Crippen LogP contribution in [0.25, 0.3) is 0 Å². The number of halogens is 1. The Morgan fingerprint density at radius 3 is 2.30 bits per heavy atom. The summed E-state index contributed by atoms with van der Waals surface area (Å²) in [6.07, 6.45) is 2.27. The molecule has 1 N–H and O–H groups in total. The number of hydrogen-bond donors (Lipinski definition) is 1. The maximum Gasteiger partial charge on any atom is 0.410 e. The van der Waals surface area contributed by atoms with E-state index in [4.69, 9.17) is 4.74 Å². The van der Waals surface area contributed by atoms with Gasteiger partial charge in [-0.2, -0.15) is 0 Å². The van der Waals surface area contributed by atoms with Crippen molar-refractivity contribution >= 4 is 6.09 Å². The number of amides is 1. The number of likely N-dealkylation sites (N-methyl/N-ethyl adjacent to an activating group) is 1. The normalized spacial score (nSPS) is 17.9. The summed E-state index contributed by atoms with van der Waals surface area (Å²) in [5.41, 5.74) is 0.575. The van der Waals surface area contributed by atoms with Crippen LogP contribution in [0, 0.1) is 5.82 Å². The first-order valence-electron chi connectivity index (χ1n) is 8.14. The van der Waals surface area contributed by atoms with Crippen LogP contribution in [0.3, 0.4) is 0 Å². The van der Waals surface area contributed by atoms with Crippen molar-refractivity contribution in [1.29, 1.82) is 0 Å². The van der Waals surface area contributed by atoms with Crippen LogP contribution in [0.5, 0.6) is 0 Å². The molecule has 4 nitrogen and oxygen atoms in total. The number of rotatable bonds is 3. The molecule has 128 valence electrons. The van der Waals surface area contributed by atoms with Gasteiger partial charge in [-0.15, -0.1) is 0 Å². The molecule has 2 rings (SSSR count). The first-order chi connectivity index (χ1) is 10.7. The van der Waals surface area contributed by atoms with E-state index in [1.165, 1.54) is 12.1 Å². The van der Waals surface area contributed by atoms with Gasteiger partial charge in [-0.3, -0.25) is 0 Å². The summed E-state index contributed by atoms with van der Waals surface area (Å²) in [5.74, 6) is -0.216. The Hall–Kier alpha value is -1.62. The van der Waals surface area contributed by atoms with Crippen molar-refractivity contribution in [2.45, 2.75) is 51.2 Å². The van der Waals surface area contributed by atoms with Gasteiger partial charge in [-0.05, 0) is 64.8 Å². The summed E-state index contributed by atoms with van der Waals surface area (Å²) in [6.45, 7) is 6.96. The topological polar surface area (TPSA) is 41.6 Å². The molecule has 1 aliphatic rings. The highest BCUT2D eigenvalue weighted by molar-refractivity contribution is 5.68. The van der Waals surface area contributed by atoms with E-state index < -0.39 is 5.60 Å². The molecule has 23 heavy (non-hydrogen) atoms. The van der Waals surface area contributed by atoms with Crippen molar-refractivity contribution in [3.63, 3.8) is 0 Å². The molecule has 1 aliphatic heterocycles. The quantitative estimate of drug-likeness (QED) is 0.928. The van der Waals surface area contributed by atoms with Gasteiger partial charge < -0.3 is 15.0 Å². The van der Waals surface area contributed by atoms with Crippen LogP contribution < -0.4 is 5.32 Å². The van der Waals surface area contributed by atoms with Crippen LogP contribution in [-0.4, -0.2) is 42.3 Å². The highest BCUT2D eigenvalue weighted by Crippen LogP contribution is 2.27. The Labute approximate surface area is 138 Å². The molecular weight excluding hydrogens is 295 g/mol. The van der Waals surface area contributed by atoms with E-state index in [1.54, 1.807) is 4.90 Å². The van der Waals surface area contributed by atoms with E-state index >= 15 is 0 Å². The monoisotopic (exact) mass is 322 g/mol. The molecule has 0 saturated carbocycles. The Morgan fingerprint density at radius 1 is 1.26 bits per heavy atom. The second-order valence-corrected chi connectivity index (χ2v) is 7.30. The SMILES string of the molecule is CNC1(Cc2ccc(F)cc2)CCN(C(=O)OC(C)(C)C)CC1. The van der Waals surface area contributed by atoms with Crippen molar-refractivity contribution in [3.05, 3.63) is 35.6 Å². The molecule has 0 atom stereocenters. The summed E-state index contributed by atoms with van der Waals surface area (Å²) >= 11 is 0. The smallest absolute Gasteiger partial charge is 0.410 e. The lowest BCUT2D eigenvalue weighted by Gasteiger charge is -2.42. The Morgan fingerprint density at radius 2 is 1.83 bits per heavy atom. The zero-order valence-corrected chi connectivity index (χ0v) is 14.5. The highest BCUT2D eigenvalue weighted by Gasteiger charge is 2.36. The van der Waals surface area contributed by atoms with Crippen molar-refractivity contribution in [3.8, 4) is 0 Å². The maximum absolute atomic E-state index is 13.0. The molecule has 0 aromatic heterocycles. The van der Waals surface area contributed by atoms with Crippen LogP contribution in [0.15, 0.2) is 24.3 Å². The molecule has 0 unspecified atom stereocenters. The average Bonchev–Trinajstić information content (AvgIpc) is 2.48. The second kappa shape index (κ2) is 6.87. The number of nitrogens with zero attached hydrogens (tertiary/aromatic N) is 1. The van der Waals surface area contributed by atoms with E-state index in [9.17, 15) is 9.18 Å². The number of ether oxygens (including phenoxy) is 1. The zero-order chi connectivity index (χ0) is 17.1. The minimum absolute atomic E-state index is 0.0592. The molecular formula is C18H27FN2O2. The van der Waals surface area contributed by atoms with Gasteiger partial charge in [-0.1, -0.05) is 12.1 Å². The minimum atomic E-state index is -0.470. The molecule has 0 aliphatic carbocycles. The fourth-order valence-corrected chi connectivity index (χ4v) is 2.95. The summed E-state index contributed by atoms with van der Waals surface area (Å²) in [7, 11) is 1.95. The van der Waals surface area contributed by atoms with E-state index in [0.29, 0.717) is 13.1 Å². The van der Waals surface area contributed by atoms with Crippen LogP contribution in [0.2, 0.25) is 0 Å². The van der Waals surface area contributed by atoms with Crippen molar-refractivity contribution < 1.29 is 13.9 Å². The van der Waals surface area contributed by atoms with Crippen molar-refractivity contribution in [2.75, 3.05) is 20.1 Å². The number of carbonyl (C=O) groups is 1. The minimum Gasteiger partial charge on any atom is -0.444 e. The number of nitrogens with one attached hydrogen (secondary N) is 1. The average molecular weight is 322 g/mol. The van der Waals surface area contributed by atoms with E-state index in [-0.39, 0.29) is 17.4 Å². The van der Waals surface area contributed by atoms with Crippen molar-refractivity contribution in [1.82, 2.24) is 10.2 Å². The van der Waals surface area contributed by atoms with Gasteiger partial charge in [-0.25, -0.2) is 9.18 Å². The van der Waals surface area contributed by atoms with Crippen LogP contribution >= 0.6 is 0 Å². The maximum atomic E-state index is 13.0. The standard InChI is InChI=1S/C18H27FN2O2/c1-17(2,3)23-16(22)21-11-9-18(20-4,10-12-21)13-14-5-7-15(19)8-6-14/h5-8,20H,9-13H2,1-4H3. The fraction of sp³-hybridized carbons (Fsp3) is 0.611. The molecule has 1 fully saturated rings. The third kappa shape index (κ3) is 4.93. The lowest BCUT2D eigenvalue weighted by molar-refractivity contribution is 0.0151. The lowest BCUT2D eigenvalue weighted by atomic mass is 9.82. The number of benzene rings is 1. The van der Waals surface area contributed by atoms with Crippen LogP contribution in [0.1, 0.15) is 39.2 Å². The number of hydrogen-bond acceptors (Lipinski definition) is 3. The van der Waals surface area contributed by atoms with E-state index in [2.05, 4.69) is 5.32 Å². The van der Waals surface area contributed by atoms with Crippen LogP contribution in [0.4, 0.5) is 9.18 Å². The second-order valence-electron chi connectivity index (χ2n) is 7.30. The van der Waals surface area contributed by atoms with Gasteiger partial charge in [0.2, 0.25) is 0 Å². The summed E-state index contributed by atoms with van der Waals surface area (Å²) in [4.78, 5) is 13.9. The third-order valence-electron chi connectivity index (χ3n) is 4.36. The molecule has 0 radical (unpaired) electrons. The van der Waals surface area contributed by atoms with Gasteiger partial charge in [0.05, 0.1) is 0 Å². The molecule has 1 aromatic rings. The number of carbonyl (C=O) groups excluding carboxylic acids is 1. The molecule has 1 amide bonds. The van der Waals surface area contributed by atoms with Crippen LogP contribution in [-0.2, 0) is 11.2 Å². The zero-order valence-electron chi connectivity index (χ0n) is 14.5. The van der Waals surface area contributed by atoms with Gasteiger partial charge in [0.15, 0.2) is 0 Å². The molecule has 5 heteroatoms. The number of piperidine rings is 1. The first-order valence-corrected chi connectivity index (χ1v) is 8.14. The predicted molar refractivity (Wildman–Crippen MR) is 88.9 cm³/mol. The van der Waals surface area contributed by atoms with E-state index in [1.807, 2.05) is 40.0 Å². The Bertz CT molecular complexity index is 529. The molecule has 1 aromatic carbocycles. The van der Waals surface area contributed by atoms with Gasteiger partial charge in [0.25, 0.3) is 0 Å². The highest BCUT2D eigenvalue weighted by atomic mass is 19.1. The largest absolute Gasteiger partial charge is 0.444 e. The van der Waals surface area contributed by atoms with E-state index in [0.717, 1.165) is 24.8 Å². The molecule has 0 bridgehead atoms. The Kier molecular flexibility index (Phi) is 5.30. The molecule has 1 heterocycles. The molecule has 1 saturated heterocycles. The van der Waals surface area contributed by atoms with Gasteiger partial charge in [0.1, 0.15) is 11.4 Å². The summed E-state index contributed by atoms with van der Waals surface area (Å²) in [6, 6.07) is 6.65. The summed E-state index contributed by atoms with van der Waals surface area (Å²) in [5, 5.41) is 3.42. The lowest BCUT2D eigenvalue weighted by Crippen LogP contribution is -2.55.